The Hall–Kier alpha value is -4.33. The van der Waals surface area contributed by atoms with Crippen molar-refractivity contribution in [1.29, 1.82) is 0 Å². The fourth-order valence-corrected chi connectivity index (χ4v) is 7.43. The number of hydrogen-bond acceptors (Lipinski definition) is 1. The molecular formula is C41H36ClN. The molecule has 5 aromatic rings. The summed E-state index contributed by atoms with van der Waals surface area (Å²) in [7, 11) is 0. The van der Waals surface area contributed by atoms with Crippen molar-refractivity contribution >= 4 is 34.2 Å². The SMILES string of the molecule is C=C(/C=C\C)c1ccc2c(c1)C(C)(C)c1cc(N(c3ccc(Cl)cc3)c3cccc4c3-c3ccccc3C4(C)C)ccc1-2. The first kappa shape index (κ1) is 27.5. The molecule has 43 heavy (non-hydrogen) atoms. The summed E-state index contributed by atoms with van der Waals surface area (Å²) in [6.45, 7) is 15.7. The molecule has 2 aliphatic carbocycles. The van der Waals surface area contributed by atoms with Crippen LogP contribution in [0.25, 0.3) is 27.8 Å². The van der Waals surface area contributed by atoms with Gasteiger partial charge >= 0.3 is 0 Å². The lowest BCUT2D eigenvalue weighted by Gasteiger charge is -2.30. The number of fused-ring (bicyclic) bond motifs is 6. The third-order valence-electron chi connectivity index (χ3n) is 9.57. The Kier molecular flexibility index (Phi) is 6.31. The molecule has 0 aromatic heterocycles. The Morgan fingerprint density at radius 3 is 2.02 bits per heavy atom. The molecule has 5 aromatic carbocycles. The summed E-state index contributed by atoms with van der Waals surface area (Å²) in [5, 5.41) is 0.731. The molecule has 0 unspecified atom stereocenters. The van der Waals surface area contributed by atoms with Crippen LogP contribution in [0.1, 0.15) is 62.4 Å². The van der Waals surface area contributed by atoms with Crippen LogP contribution in [-0.2, 0) is 10.8 Å². The van der Waals surface area contributed by atoms with E-state index in [0.717, 1.165) is 22.0 Å². The summed E-state index contributed by atoms with van der Waals surface area (Å²) in [4.78, 5) is 2.41. The Morgan fingerprint density at radius 2 is 1.28 bits per heavy atom. The first-order chi connectivity index (χ1) is 20.6. The third-order valence-corrected chi connectivity index (χ3v) is 9.82. The van der Waals surface area contributed by atoms with Crippen molar-refractivity contribution in [3.63, 3.8) is 0 Å². The van der Waals surface area contributed by atoms with Crippen molar-refractivity contribution in [2.45, 2.75) is 45.4 Å². The van der Waals surface area contributed by atoms with E-state index in [1.807, 2.05) is 25.1 Å². The zero-order valence-electron chi connectivity index (χ0n) is 25.5. The predicted molar refractivity (Wildman–Crippen MR) is 185 cm³/mol. The topological polar surface area (TPSA) is 3.24 Å². The Labute approximate surface area is 260 Å². The van der Waals surface area contributed by atoms with Gasteiger partial charge in [-0.1, -0.05) is 113 Å². The molecule has 0 spiro atoms. The molecule has 0 N–H and O–H groups in total. The van der Waals surface area contributed by atoms with E-state index in [9.17, 15) is 0 Å². The van der Waals surface area contributed by atoms with Gasteiger partial charge in [0.15, 0.2) is 0 Å². The third kappa shape index (κ3) is 4.13. The zero-order chi connectivity index (χ0) is 30.1. The van der Waals surface area contributed by atoms with Crippen LogP contribution in [0.4, 0.5) is 17.1 Å². The van der Waals surface area contributed by atoms with Gasteiger partial charge < -0.3 is 4.90 Å². The molecule has 0 saturated heterocycles. The average molecular weight is 578 g/mol. The minimum atomic E-state index is -0.161. The zero-order valence-corrected chi connectivity index (χ0v) is 26.3. The highest BCUT2D eigenvalue weighted by Gasteiger charge is 2.39. The highest BCUT2D eigenvalue weighted by molar-refractivity contribution is 6.30. The van der Waals surface area contributed by atoms with Crippen LogP contribution in [0, 0.1) is 0 Å². The van der Waals surface area contributed by atoms with Gasteiger partial charge in [-0.15, -0.1) is 0 Å². The lowest BCUT2D eigenvalue weighted by molar-refractivity contribution is 0.660. The van der Waals surface area contributed by atoms with Gasteiger partial charge in [0.05, 0.1) is 5.69 Å². The summed E-state index contributed by atoms with van der Waals surface area (Å²) in [5.41, 5.74) is 16.0. The Morgan fingerprint density at radius 1 is 0.651 bits per heavy atom. The first-order valence-electron chi connectivity index (χ1n) is 15.0. The highest BCUT2D eigenvalue weighted by Crippen LogP contribution is 2.55. The summed E-state index contributed by atoms with van der Waals surface area (Å²) in [5.74, 6) is 0. The number of nitrogens with zero attached hydrogens (tertiary/aromatic N) is 1. The van der Waals surface area contributed by atoms with Crippen molar-refractivity contribution in [2.75, 3.05) is 4.90 Å². The van der Waals surface area contributed by atoms with Crippen molar-refractivity contribution in [2.24, 2.45) is 0 Å². The fraction of sp³-hybridized carbons (Fsp3) is 0.171. The largest absolute Gasteiger partial charge is 0.310 e. The summed E-state index contributed by atoms with van der Waals surface area (Å²) >= 11 is 6.40. The van der Waals surface area contributed by atoms with E-state index in [1.165, 1.54) is 55.8 Å². The lowest BCUT2D eigenvalue weighted by Crippen LogP contribution is -2.17. The van der Waals surface area contributed by atoms with Gasteiger partial charge in [-0.2, -0.15) is 0 Å². The second-order valence-corrected chi connectivity index (χ2v) is 13.3. The van der Waals surface area contributed by atoms with E-state index in [1.54, 1.807) is 0 Å². The second-order valence-electron chi connectivity index (χ2n) is 12.8. The molecular weight excluding hydrogens is 542 g/mol. The molecule has 0 fully saturated rings. The molecule has 0 amide bonds. The molecule has 0 atom stereocenters. The summed E-state index contributed by atoms with van der Waals surface area (Å²) in [6, 6.07) is 37.6. The molecule has 7 rings (SSSR count). The summed E-state index contributed by atoms with van der Waals surface area (Å²) in [6.07, 6.45) is 4.13. The van der Waals surface area contributed by atoms with E-state index in [-0.39, 0.29) is 10.8 Å². The maximum Gasteiger partial charge on any atom is 0.0543 e. The number of halogens is 1. The van der Waals surface area contributed by atoms with Crippen LogP contribution >= 0.6 is 11.6 Å². The van der Waals surface area contributed by atoms with E-state index < -0.39 is 0 Å². The number of anilines is 3. The predicted octanol–water partition coefficient (Wildman–Crippen LogP) is 12.0. The molecule has 0 saturated carbocycles. The second kappa shape index (κ2) is 9.86. The molecule has 0 radical (unpaired) electrons. The van der Waals surface area contributed by atoms with Crippen molar-refractivity contribution < 1.29 is 0 Å². The first-order valence-corrected chi connectivity index (χ1v) is 15.4. The molecule has 1 nitrogen and oxygen atoms in total. The minimum Gasteiger partial charge on any atom is -0.310 e. The number of allylic oxidation sites excluding steroid dienone is 3. The quantitative estimate of drug-likeness (QED) is 0.188. The highest BCUT2D eigenvalue weighted by atomic mass is 35.5. The van der Waals surface area contributed by atoms with Crippen molar-refractivity contribution in [3.8, 4) is 22.3 Å². The fourth-order valence-electron chi connectivity index (χ4n) is 7.30. The number of rotatable bonds is 5. The maximum atomic E-state index is 6.40. The Bertz CT molecular complexity index is 1960. The van der Waals surface area contributed by atoms with Gasteiger partial charge in [-0.25, -0.2) is 0 Å². The average Bonchev–Trinajstić information content (AvgIpc) is 3.38. The van der Waals surface area contributed by atoms with Crippen LogP contribution in [0.2, 0.25) is 5.02 Å². The maximum absolute atomic E-state index is 6.40. The molecule has 0 aliphatic heterocycles. The number of hydrogen-bond donors (Lipinski definition) is 0. The van der Waals surface area contributed by atoms with E-state index in [0.29, 0.717) is 0 Å². The van der Waals surface area contributed by atoms with E-state index in [4.69, 9.17) is 11.6 Å². The van der Waals surface area contributed by atoms with Gasteiger partial charge in [0.25, 0.3) is 0 Å². The lowest BCUT2D eigenvalue weighted by atomic mass is 9.81. The van der Waals surface area contributed by atoms with Crippen LogP contribution in [0.15, 0.2) is 122 Å². The van der Waals surface area contributed by atoms with E-state index in [2.05, 4.69) is 136 Å². The molecule has 2 aliphatic rings. The van der Waals surface area contributed by atoms with Crippen LogP contribution < -0.4 is 4.90 Å². The minimum absolute atomic E-state index is 0.0795. The normalized spacial score (nSPS) is 15.1. The van der Waals surface area contributed by atoms with Gasteiger partial charge in [-0.05, 0) is 106 Å². The van der Waals surface area contributed by atoms with Crippen LogP contribution in [-0.4, -0.2) is 0 Å². The van der Waals surface area contributed by atoms with Crippen molar-refractivity contribution in [3.05, 3.63) is 155 Å². The van der Waals surface area contributed by atoms with Gasteiger partial charge in [0.2, 0.25) is 0 Å². The van der Waals surface area contributed by atoms with E-state index >= 15 is 0 Å². The standard InChI is InChI=1S/C41H36ClN/c1-7-11-26(2)27-16-22-31-32-23-21-30(25-37(32)41(5,6)36(31)24-27)43(29-19-17-28(42)18-20-29)38-15-10-14-35-39(38)33-12-8-9-13-34(33)40(35,3)4/h7-25H,2H2,1,3-6H3/b11-7-. The molecule has 0 heterocycles. The van der Waals surface area contributed by atoms with Gasteiger partial charge in [0.1, 0.15) is 0 Å². The monoisotopic (exact) mass is 577 g/mol. The molecule has 0 bridgehead atoms. The van der Waals surface area contributed by atoms with Gasteiger partial charge in [0, 0.05) is 32.8 Å². The number of benzene rings is 5. The van der Waals surface area contributed by atoms with Crippen LogP contribution in [0.5, 0.6) is 0 Å². The van der Waals surface area contributed by atoms with Crippen molar-refractivity contribution in [1.82, 2.24) is 0 Å². The van der Waals surface area contributed by atoms with Crippen LogP contribution in [0.3, 0.4) is 0 Å². The molecule has 212 valence electrons. The molecule has 2 heteroatoms. The summed E-state index contributed by atoms with van der Waals surface area (Å²) < 4.78 is 0. The Balaban J connectivity index is 1.43. The van der Waals surface area contributed by atoms with Gasteiger partial charge in [-0.3, -0.25) is 0 Å². The smallest absolute Gasteiger partial charge is 0.0543 e.